The Balaban J connectivity index is 1.57. The van der Waals surface area contributed by atoms with E-state index in [9.17, 15) is 0 Å². The van der Waals surface area contributed by atoms with Crippen LogP contribution in [0, 0.1) is 0 Å². The minimum atomic E-state index is 0.616. The number of rotatable bonds is 6. The highest BCUT2D eigenvalue weighted by Crippen LogP contribution is 2.15. The second-order valence-electron chi connectivity index (χ2n) is 3.85. The summed E-state index contributed by atoms with van der Waals surface area (Å²) in [6, 6.07) is 14.1. The van der Waals surface area contributed by atoms with Crippen molar-refractivity contribution in [2.75, 3.05) is 12.3 Å². The molecule has 0 radical (unpaired) electrons. The molecule has 0 atom stereocenters. The predicted molar refractivity (Wildman–Crippen MR) is 83.3 cm³/mol. The van der Waals surface area contributed by atoms with Crippen molar-refractivity contribution >= 4 is 29.1 Å². The quantitative estimate of drug-likeness (QED) is 0.486. The summed E-state index contributed by atoms with van der Waals surface area (Å²) in [6.45, 7) is 1.45. The van der Waals surface area contributed by atoms with Gasteiger partial charge < -0.3 is 15.1 Å². The summed E-state index contributed by atoms with van der Waals surface area (Å²) in [4.78, 5) is 1.28. The molecular formula is C14H16N2OS2. The second kappa shape index (κ2) is 7.86. The first-order valence-electron chi connectivity index (χ1n) is 6.06. The van der Waals surface area contributed by atoms with Crippen LogP contribution in [0.15, 0.2) is 58.0 Å². The number of hydrogen-bond acceptors (Lipinski definition) is 3. The lowest BCUT2D eigenvalue weighted by Crippen LogP contribution is -2.35. The monoisotopic (exact) mass is 292 g/mol. The summed E-state index contributed by atoms with van der Waals surface area (Å²) in [5, 5.41) is 6.93. The molecular weight excluding hydrogens is 276 g/mol. The van der Waals surface area contributed by atoms with Crippen LogP contribution in [0.2, 0.25) is 0 Å². The zero-order valence-corrected chi connectivity index (χ0v) is 12.1. The molecule has 2 rings (SSSR count). The maximum Gasteiger partial charge on any atom is 0.166 e. The average Bonchev–Trinajstić information content (AvgIpc) is 2.96. The topological polar surface area (TPSA) is 37.2 Å². The summed E-state index contributed by atoms with van der Waals surface area (Å²) in [6.07, 6.45) is 1.66. The van der Waals surface area contributed by atoms with Gasteiger partial charge in [-0.2, -0.15) is 0 Å². The molecule has 0 amide bonds. The molecule has 0 saturated heterocycles. The molecule has 2 N–H and O–H groups in total. The Morgan fingerprint density at radius 2 is 1.95 bits per heavy atom. The lowest BCUT2D eigenvalue weighted by atomic mass is 10.4. The number of benzene rings is 1. The largest absolute Gasteiger partial charge is 0.467 e. The highest BCUT2D eigenvalue weighted by molar-refractivity contribution is 7.99. The van der Waals surface area contributed by atoms with Gasteiger partial charge in [-0.1, -0.05) is 18.2 Å². The van der Waals surface area contributed by atoms with Crippen LogP contribution in [-0.4, -0.2) is 17.4 Å². The van der Waals surface area contributed by atoms with Crippen LogP contribution in [0.1, 0.15) is 5.76 Å². The van der Waals surface area contributed by atoms with E-state index in [4.69, 9.17) is 16.6 Å². The normalized spacial score (nSPS) is 10.1. The van der Waals surface area contributed by atoms with E-state index in [1.54, 1.807) is 6.26 Å². The summed E-state index contributed by atoms with van der Waals surface area (Å²) in [7, 11) is 0. The molecule has 1 aromatic carbocycles. The van der Waals surface area contributed by atoms with Crippen molar-refractivity contribution in [1.29, 1.82) is 0 Å². The van der Waals surface area contributed by atoms with Crippen molar-refractivity contribution < 1.29 is 4.42 Å². The van der Waals surface area contributed by atoms with Gasteiger partial charge in [-0.25, -0.2) is 0 Å². The summed E-state index contributed by atoms with van der Waals surface area (Å²) in [5.74, 6) is 1.86. The van der Waals surface area contributed by atoms with Crippen molar-refractivity contribution in [1.82, 2.24) is 10.6 Å². The highest BCUT2D eigenvalue weighted by Gasteiger charge is 1.98. The summed E-state index contributed by atoms with van der Waals surface area (Å²) >= 11 is 6.99. The first-order chi connectivity index (χ1) is 9.34. The third kappa shape index (κ3) is 5.36. The third-order valence-corrected chi connectivity index (χ3v) is 3.71. The Hall–Kier alpha value is -1.46. The molecule has 0 aliphatic heterocycles. The summed E-state index contributed by atoms with van der Waals surface area (Å²) in [5.41, 5.74) is 0. The third-order valence-electron chi connectivity index (χ3n) is 2.40. The lowest BCUT2D eigenvalue weighted by Gasteiger charge is -2.09. The van der Waals surface area contributed by atoms with Gasteiger partial charge in [0.25, 0.3) is 0 Å². The molecule has 0 aliphatic carbocycles. The molecule has 1 heterocycles. The van der Waals surface area contributed by atoms with Gasteiger partial charge in [-0.3, -0.25) is 0 Å². The maximum absolute atomic E-state index is 5.21. The van der Waals surface area contributed by atoms with Crippen LogP contribution in [0.5, 0.6) is 0 Å². The van der Waals surface area contributed by atoms with Crippen molar-refractivity contribution in [3.05, 3.63) is 54.5 Å². The summed E-state index contributed by atoms with van der Waals surface area (Å²) < 4.78 is 5.21. The van der Waals surface area contributed by atoms with Gasteiger partial charge >= 0.3 is 0 Å². The standard InChI is InChI=1S/C14H16N2OS2/c18-14(16-11-12-5-4-9-17-12)15-8-10-19-13-6-2-1-3-7-13/h1-7,9H,8,10-11H2,(H2,15,16,18). The molecule has 0 fully saturated rings. The first-order valence-corrected chi connectivity index (χ1v) is 7.46. The first kappa shape index (κ1) is 14.0. The van der Waals surface area contributed by atoms with Crippen LogP contribution in [0.4, 0.5) is 0 Å². The molecule has 0 aliphatic rings. The highest BCUT2D eigenvalue weighted by atomic mass is 32.2. The van der Waals surface area contributed by atoms with Crippen molar-refractivity contribution in [3.8, 4) is 0 Å². The molecule has 2 aromatic rings. The Morgan fingerprint density at radius 1 is 1.11 bits per heavy atom. The van der Waals surface area contributed by atoms with E-state index in [0.29, 0.717) is 11.7 Å². The average molecular weight is 292 g/mol. The van der Waals surface area contributed by atoms with E-state index < -0.39 is 0 Å². The SMILES string of the molecule is S=C(NCCSc1ccccc1)NCc1ccco1. The second-order valence-corrected chi connectivity index (χ2v) is 5.43. The minimum Gasteiger partial charge on any atom is -0.467 e. The fourth-order valence-corrected chi connectivity index (χ4v) is 2.46. The van der Waals surface area contributed by atoms with Crippen LogP contribution >= 0.6 is 24.0 Å². The Bertz CT molecular complexity index is 485. The van der Waals surface area contributed by atoms with Crippen molar-refractivity contribution in [2.45, 2.75) is 11.4 Å². The molecule has 5 heteroatoms. The number of thiocarbonyl (C=S) groups is 1. The van der Waals surface area contributed by atoms with Gasteiger partial charge in [0, 0.05) is 17.2 Å². The van der Waals surface area contributed by atoms with Crippen molar-refractivity contribution in [3.63, 3.8) is 0 Å². The molecule has 0 bridgehead atoms. The number of hydrogen-bond donors (Lipinski definition) is 2. The Kier molecular flexibility index (Phi) is 5.78. The van der Waals surface area contributed by atoms with E-state index in [2.05, 4.69) is 22.8 Å². The van der Waals surface area contributed by atoms with Crippen molar-refractivity contribution in [2.24, 2.45) is 0 Å². The zero-order valence-electron chi connectivity index (χ0n) is 10.5. The molecule has 0 unspecified atom stereocenters. The fourth-order valence-electron chi connectivity index (χ4n) is 1.49. The number of thioether (sulfide) groups is 1. The van der Waals surface area contributed by atoms with E-state index in [1.807, 2.05) is 42.1 Å². The van der Waals surface area contributed by atoms with E-state index in [-0.39, 0.29) is 0 Å². The maximum atomic E-state index is 5.21. The van der Waals surface area contributed by atoms with Gasteiger partial charge in [-0.15, -0.1) is 11.8 Å². The minimum absolute atomic E-state index is 0.616. The van der Waals surface area contributed by atoms with E-state index in [1.165, 1.54) is 4.90 Å². The van der Waals surface area contributed by atoms with Gasteiger partial charge in [0.15, 0.2) is 5.11 Å². The van der Waals surface area contributed by atoms with E-state index in [0.717, 1.165) is 18.1 Å². The smallest absolute Gasteiger partial charge is 0.166 e. The molecule has 19 heavy (non-hydrogen) atoms. The van der Waals surface area contributed by atoms with E-state index >= 15 is 0 Å². The van der Waals surface area contributed by atoms with Gasteiger partial charge in [0.2, 0.25) is 0 Å². The molecule has 1 aromatic heterocycles. The predicted octanol–water partition coefficient (Wildman–Crippen LogP) is 3.04. The van der Waals surface area contributed by atoms with Crippen LogP contribution in [0.25, 0.3) is 0 Å². The Labute approximate surface area is 122 Å². The van der Waals surface area contributed by atoms with Crippen LogP contribution in [-0.2, 0) is 6.54 Å². The fraction of sp³-hybridized carbons (Fsp3) is 0.214. The van der Waals surface area contributed by atoms with Gasteiger partial charge in [0.1, 0.15) is 5.76 Å². The molecule has 3 nitrogen and oxygen atoms in total. The van der Waals surface area contributed by atoms with Crippen LogP contribution < -0.4 is 10.6 Å². The molecule has 0 saturated carbocycles. The zero-order chi connectivity index (χ0) is 13.3. The Morgan fingerprint density at radius 3 is 2.68 bits per heavy atom. The molecule has 100 valence electrons. The number of furan rings is 1. The molecule has 0 spiro atoms. The van der Waals surface area contributed by atoms with Crippen LogP contribution in [0.3, 0.4) is 0 Å². The van der Waals surface area contributed by atoms with Gasteiger partial charge in [0.05, 0.1) is 12.8 Å². The number of nitrogens with one attached hydrogen (secondary N) is 2. The van der Waals surface area contributed by atoms with Gasteiger partial charge in [-0.05, 0) is 36.5 Å². The lowest BCUT2D eigenvalue weighted by molar-refractivity contribution is 0.502.